The number of furan rings is 1. The number of Topliss-reactive ketones (excluding diaryl/α,β-unsaturated/α-hetero) is 1. The summed E-state index contributed by atoms with van der Waals surface area (Å²) in [6, 6.07) is 23.7. The molecule has 1 aliphatic rings. The van der Waals surface area contributed by atoms with Gasteiger partial charge in [-0.25, -0.2) is 0 Å². The van der Waals surface area contributed by atoms with Gasteiger partial charge in [0.2, 0.25) is 5.78 Å². The first-order chi connectivity index (χ1) is 19.9. The number of halogens is 1. The van der Waals surface area contributed by atoms with Crippen LogP contribution in [0.1, 0.15) is 27.7 Å². The van der Waals surface area contributed by atoms with Crippen LogP contribution in [0.2, 0.25) is 5.02 Å². The number of hydrogen-bond acceptors (Lipinski definition) is 7. The summed E-state index contributed by atoms with van der Waals surface area (Å²) < 4.78 is 17.3. The fourth-order valence-electron chi connectivity index (χ4n) is 4.94. The van der Waals surface area contributed by atoms with Crippen LogP contribution in [0.5, 0.6) is 17.2 Å². The summed E-state index contributed by atoms with van der Waals surface area (Å²) in [5.74, 6) is -0.537. The van der Waals surface area contributed by atoms with Gasteiger partial charge in [0.1, 0.15) is 11.5 Å². The number of hydrogen-bond donors (Lipinski definition) is 1. The number of para-hydroxylation sites is 1. The molecule has 1 amide bonds. The molecule has 9 heteroatoms. The smallest absolute Gasteiger partial charge is 0.290 e. The molecule has 0 saturated carbocycles. The maximum absolute atomic E-state index is 14.0. The lowest BCUT2D eigenvalue weighted by Gasteiger charge is -2.27. The Hall–Kier alpha value is -5.08. The number of carbonyl (C=O) groups excluding carboxylic acids is 2. The van der Waals surface area contributed by atoms with Crippen LogP contribution in [0.4, 0.5) is 0 Å². The van der Waals surface area contributed by atoms with Crippen molar-refractivity contribution in [1.29, 1.82) is 0 Å². The Bertz CT molecular complexity index is 1800. The van der Waals surface area contributed by atoms with E-state index in [0.717, 1.165) is 5.56 Å². The number of ether oxygens (including phenoxy) is 2. The second kappa shape index (κ2) is 10.8. The Morgan fingerprint density at radius 2 is 1.76 bits per heavy atom. The van der Waals surface area contributed by atoms with Crippen molar-refractivity contribution >= 4 is 34.3 Å². The lowest BCUT2D eigenvalue weighted by molar-refractivity contribution is -0.130. The van der Waals surface area contributed by atoms with Gasteiger partial charge in [0, 0.05) is 35.4 Å². The summed E-state index contributed by atoms with van der Waals surface area (Å²) in [6.07, 6.45) is 3.23. The van der Waals surface area contributed by atoms with Gasteiger partial charge in [-0.05, 0) is 59.7 Å². The molecule has 204 valence electrons. The third kappa shape index (κ3) is 5.01. The lowest BCUT2D eigenvalue weighted by Crippen LogP contribution is -2.30. The molecule has 0 bridgehead atoms. The fourth-order valence-corrected chi connectivity index (χ4v) is 5.15. The van der Waals surface area contributed by atoms with Crippen molar-refractivity contribution < 1.29 is 28.6 Å². The van der Waals surface area contributed by atoms with Crippen LogP contribution >= 0.6 is 11.6 Å². The molecule has 1 aliphatic heterocycles. The molecule has 0 aliphatic carbocycles. The highest BCUT2D eigenvalue weighted by molar-refractivity contribution is 6.31. The number of aromatic nitrogens is 1. The van der Waals surface area contributed by atoms with Gasteiger partial charge in [0.25, 0.3) is 5.91 Å². The minimum atomic E-state index is -0.929. The number of aliphatic hydroxyl groups excluding tert-OH is 1. The molecule has 0 spiro atoms. The number of pyridine rings is 1. The number of aliphatic hydroxyl groups is 1. The Morgan fingerprint density at radius 3 is 2.51 bits per heavy atom. The molecule has 6 rings (SSSR count). The normalized spacial score (nSPS) is 15.0. The van der Waals surface area contributed by atoms with E-state index in [-0.39, 0.29) is 17.9 Å². The average Bonchev–Trinajstić information content (AvgIpc) is 3.52. The molecule has 1 N–H and O–H groups in total. The summed E-state index contributed by atoms with van der Waals surface area (Å²) in [6.45, 7) is 0.125. The van der Waals surface area contributed by atoms with Crippen LogP contribution in [-0.4, -0.2) is 33.8 Å². The molecule has 5 aromatic rings. The van der Waals surface area contributed by atoms with E-state index in [4.69, 9.17) is 25.5 Å². The highest BCUT2D eigenvalue weighted by Crippen LogP contribution is 2.42. The molecule has 0 radical (unpaired) electrons. The van der Waals surface area contributed by atoms with Crippen LogP contribution < -0.4 is 9.47 Å². The van der Waals surface area contributed by atoms with Crippen LogP contribution in [0.15, 0.2) is 113 Å². The summed E-state index contributed by atoms with van der Waals surface area (Å²) >= 11 is 6.21. The van der Waals surface area contributed by atoms with Crippen molar-refractivity contribution in [3.8, 4) is 17.2 Å². The molecule has 0 saturated heterocycles. The van der Waals surface area contributed by atoms with Gasteiger partial charge in [0.05, 0.1) is 18.7 Å². The van der Waals surface area contributed by atoms with Crippen molar-refractivity contribution in [3.63, 3.8) is 0 Å². The van der Waals surface area contributed by atoms with E-state index >= 15 is 0 Å². The minimum absolute atomic E-state index is 0.0673. The maximum Gasteiger partial charge on any atom is 0.290 e. The predicted octanol–water partition coefficient (Wildman–Crippen LogP) is 7.06. The number of nitrogens with zero attached hydrogens (tertiary/aromatic N) is 2. The summed E-state index contributed by atoms with van der Waals surface area (Å²) in [5, 5.41) is 12.1. The van der Waals surface area contributed by atoms with Gasteiger partial charge in [-0.3, -0.25) is 14.6 Å². The van der Waals surface area contributed by atoms with Crippen LogP contribution in [0.3, 0.4) is 0 Å². The van der Waals surface area contributed by atoms with Crippen molar-refractivity contribution in [2.45, 2.75) is 12.6 Å². The number of amides is 1. The maximum atomic E-state index is 14.0. The van der Waals surface area contributed by atoms with Gasteiger partial charge >= 0.3 is 0 Å². The first-order valence-corrected chi connectivity index (χ1v) is 13.1. The third-order valence-corrected chi connectivity index (χ3v) is 7.01. The zero-order valence-electron chi connectivity index (χ0n) is 21.8. The van der Waals surface area contributed by atoms with E-state index in [2.05, 4.69) is 4.98 Å². The Balaban J connectivity index is 1.44. The molecular formula is C32H23ClN2O6. The van der Waals surface area contributed by atoms with E-state index in [0.29, 0.717) is 38.8 Å². The Kier molecular flexibility index (Phi) is 6.91. The fraction of sp³-hybridized carbons (Fsp3) is 0.0938. The number of methoxy groups -OCH3 is 1. The van der Waals surface area contributed by atoms with Gasteiger partial charge in [-0.2, -0.15) is 0 Å². The van der Waals surface area contributed by atoms with E-state index in [1.165, 1.54) is 18.1 Å². The number of ketones is 1. The number of fused-ring (bicyclic) bond motifs is 1. The van der Waals surface area contributed by atoms with Crippen molar-refractivity contribution in [2.24, 2.45) is 0 Å². The van der Waals surface area contributed by atoms with Gasteiger partial charge < -0.3 is 23.9 Å². The molecule has 3 heterocycles. The minimum Gasteiger partial charge on any atom is -0.503 e. The predicted molar refractivity (Wildman–Crippen MR) is 152 cm³/mol. The number of rotatable bonds is 8. The molecule has 1 atom stereocenters. The largest absolute Gasteiger partial charge is 0.503 e. The molecule has 8 nitrogen and oxygen atoms in total. The highest BCUT2D eigenvalue weighted by Gasteiger charge is 2.44. The second-order valence-corrected chi connectivity index (χ2v) is 9.84. The topological polar surface area (TPSA) is 102 Å². The summed E-state index contributed by atoms with van der Waals surface area (Å²) in [5.41, 5.74) is 1.57. The molecule has 1 unspecified atom stereocenters. The van der Waals surface area contributed by atoms with E-state index in [1.54, 1.807) is 60.9 Å². The lowest BCUT2D eigenvalue weighted by atomic mass is 9.94. The summed E-state index contributed by atoms with van der Waals surface area (Å²) in [7, 11) is 1.47. The standard InChI is InChI=1S/C32H23ClN2O6/c1-39-26-17-22(33)14-21-16-25(41-31(21)26)29(36)27-28(35(32(38)30(27)37)18-19-10-12-34-13-11-19)20-6-5-9-24(15-20)40-23-7-3-2-4-8-23/h2-17,28,37H,18H2,1H3. The third-order valence-electron chi connectivity index (χ3n) is 6.79. The average molecular weight is 567 g/mol. The van der Waals surface area contributed by atoms with Gasteiger partial charge in [0.15, 0.2) is 22.9 Å². The van der Waals surface area contributed by atoms with Crippen molar-refractivity contribution in [2.75, 3.05) is 7.11 Å². The zero-order valence-corrected chi connectivity index (χ0v) is 22.5. The number of carbonyl (C=O) groups is 2. The molecule has 41 heavy (non-hydrogen) atoms. The SMILES string of the molecule is COc1cc(Cl)cc2cc(C(=O)C3=C(O)C(=O)N(Cc4ccncc4)C3c3cccc(Oc4ccccc4)c3)oc12. The molecule has 0 fully saturated rings. The Morgan fingerprint density at radius 1 is 1.00 bits per heavy atom. The van der Waals surface area contributed by atoms with Crippen molar-refractivity contribution in [3.05, 3.63) is 131 Å². The van der Waals surface area contributed by atoms with E-state index in [9.17, 15) is 14.7 Å². The van der Waals surface area contributed by atoms with Crippen LogP contribution in [-0.2, 0) is 11.3 Å². The zero-order chi connectivity index (χ0) is 28.5. The van der Waals surface area contributed by atoms with Crippen molar-refractivity contribution in [1.82, 2.24) is 9.88 Å². The van der Waals surface area contributed by atoms with Crippen LogP contribution in [0.25, 0.3) is 11.0 Å². The summed E-state index contributed by atoms with van der Waals surface area (Å²) in [4.78, 5) is 33.0. The monoisotopic (exact) mass is 566 g/mol. The molecule has 3 aromatic carbocycles. The van der Waals surface area contributed by atoms with Gasteiger partial charge in [-0.15, -0.1) is 0 Å². The van der Waals surface area contributed by atoms with Gasteiger partial charge in [-0.1, -0.05) is 41.9 Å². The van der Waals surface area contributed by atoms with E-state index in [1.807, 2.05) is 30.3 Å². The highest BCUT2D eigenvalue weighted by atomic mass is 35.5. The Labute approximate surface area is 240 Å². The molecule has 2 aromatic heterocycles. The first kappa shape index (κ1) is 26.2. The van der Waals surface area contributed by atoms with Crippen LogP contribution in [0, 0.1) is 0 Å². The first-order valence-electron chi connectivity index (χ1n) is 12.7. The quantitative estimate of drug-likeness (QED) is 0.201. The number of benzene rings is 3. The second-order valence-electron chi connectivity index (χ2n) is 9.41. The van der Waals surface area contributed by atoms with E-state index < -0.39 is 23.5 Å². The molecular weight excluding hydrogens is 544 g/mol.